The lowest BCUT2D eigenvalue weighted by molar-refractivity contribution is 0.112. The van der Waals surface area contributed by atoms with E-state index in [1.54, 1.807) is 0 Å². The van der Waals surface area contributed by atoms with E-state index in [-0.39, 0.29) is 0 Å². The maximum Gasteiger partial charge on any atom is 0.150 e. The second-order valence-electron chi connectivity index (χ2n) is 4.32. The van der Waals surface area contributed by atoms with Gasteiger partial charge in [0.15, 0.2) is 0 Å². The predicted molar refractivity (Wildman–Crippen MR) is 104 cm³/mol. The minimum Gasteiger partial charge on any atom is -0.298 e. The van der Waals surface area contributed by atoms with E-state index in [0.29, 0.717) is 5.88 Å². The zero-order valence-corrected chi connectivity index (χ0v) is 17.2. The molecule has 0 N–H and O–H groups in total. The summed E-state index contributed by atoms with van der Waals surface area (Å²) in [5, 5.41) is 0. The van der Waals surface area contributed by atoms with Crippen molar-refractivity contribution in [1.82, 2.24) is 0 Å². The van der Waals surface area contributed by atoms with E-state index in [9.17, 15) is 4.79 Å². The van der Waals surface area contributed by atoms with E-state index in [2.05, 4.69) is 44.8 Å². The third-order valence-corrected chi connectivity index (χ3v) is 4.10. The van der Waals surface area contributed by atoms with Crippen molar-refractivity contribution in [1.29, 1.82) is 0 Å². The minimum absolute atomic E-state index is 0.589. The first-order chi connectivity index (χ1) is 10.5. The summed E-state index contributed by atoms with van der Waals surface area (Å²) in [6, 6.07) is 11.8. The molecule has 0 saturated carbocycles. The molecule has 0 aliphatic heterocycles. The van der Waals surface area contributed by atoms with E-state index in [4.69, 9.17) is 11.6 Å². The Kier molecular flexibility index (Phi) is 11.5. The maximum absolute atomic E-state index is 10.4. The zero-order chi connectivity index (χ0) is 17.1. The summed E-state index contributed by atoms with van der Waals surface area (Å²) in [6.07, 6.45) is 0.861. The van der Waals surface area contributed by atoms with Crippen molar-refractivity contribution in [2.24, 2.45) is 0 Å². The highest BCUT2D eigenvalue weighted by Crippen LogP contribution is 2.17. The third kappa shape index (κ3) is 7.57. The molecule has 0 unspecified atom stereocenters. The second kappa shape index (κ2) is 11.9. The van der Waals surface area contributed by atoms with Crippen LogP contribution in [0.5, 0.6) is 0 Å². The molecule has 0 fully saturated rings. The molecule has 0 bridgehead atoms. The fraction of sp³-hybridized carbons (Fsp3) is 0.278. The molecule has 0 aliphatic carbocycles. The van der Waals surface area contributed by atoms with E-state index in [1.165, 1.54) is 11.1 Å². The fourth-order valence-corrected chi connectivity index (χ4v) is 2.60. The number of alkyl halides is 1. The summed E-state index contributed by atoms with van der Waals surface area (Å²) in [5.74, 6) is 0.589. The molecule has 22 heavy (non-hydrogen) atoms. The van der Waals surface area contributed by atoms with Gasteiger partial charge in [-0.15, -0.1) is 11.6 Å². The number of aryl methyl sites for hydroxylation is 2. The Balaban J connectivity index is 0.000000360. The number of halogens is 3. The van der Waals surface area contributed by atoms with E-state index < -0.39 is 0 Å². The molecular weight excluding hydrogens is 427 g/mol. The van der Waals surface area contributed by atoms with Crippen molar-refractivity contribution in [3.8, 4) is 0 Å². The van der Waals surface area contributed by atoms with Crippen molar-refractivity contribution in [2.45, 2.75) is 33.6 Å². The van der Waals surface area contributed by atoms with Gasteiger partial charge in [-0.3, -0.25) is 4.79 Å². The van der Waals surface area contributed by atoms with Gasteiger partial charge in [0.25, 0.3) is 0 Å². The van der Waals surface area contributed by atoms with Gasteiger partial charge in [-0.25, -0.2) is 0 Å². The minimum atomic E-state index is 0.589. The molecular formula is C18H21Br2ClO. The molecule has 120 valence electrons. The molecule has 0 atom stereocenters. The van der Waals surface area contributed by atoms with Crippen LogP contribution in [-0.4, -0.2) is 6.29 Å². The quantitative estimate of drug-likeness (QED) is 0.354. The van der Waals surface area contributed by atoms with Gasteiger partial charge in [-0.1, -0.05) is 57.8 Å². The van der Waals surface area contributed by atoms with Crippen LogP contribution in [0.15, 0.2) is 45.3 Å². The molecule has 0 aromatic heterocycles. The van der Waals surface area contributed by atoms with Gasteiger partial charge in [0, 0.05) is 20.4 Å². The summed E-state index contributed by atoms with van der Waals surface area (Å²) in [5.41, 5.74) is 4.20. The highest BCUT2D eigenvalue weighted by molar-refractivity contribution is 9.10. The van der Waals surface area contributed by atoms with Crippen LogP contribution in [0, 0.1) is 13.8 Å². The Hall–Kier alpha value is -0.640. The average molecular weight is 449 g/mol. The Morgan fingerprint density at radius 2 is 1.45 bits per heavy atom. The monoisotopic (exact) mass is 446 g/mol. The van der Waals surface area contributed by atoms with Crippen LogP contribution in [0.4, 0.5) is 0 Å². The summed E-state index contributed by atoms with van der Waals surface area (Å²) < 4.78 is 2.04. The number of hydrogen-bond acceptors (Lipinski definition) is 1. The summed E-state index contributed by atoms with van der Waals surface area (Å²) in [6.45, 7) is 7.97. The van der Waals surface area contributed by atoms with Gasteiger partial charge < -0.3 is 0 Å². The van der Waals surface area contributed by atoms with Gasteiger partial charge >= 0.3 is 0 Å². The van der Waals surface area contributed by atoms with Crippen LogP contribution in [-0.2, 0) is 5.88 Å². The smallest absolute Gasteiger partial charge is 0.150 e. The Bertz CT molecular complexity index is 598. The molecule has 4 heteroatoms. The molecule has 2 rings (SSSR count). The van der Waals surface area contributed by atoms with Crippen molar-refractivity contribution in [3.63, 3.8) is 0 Å². The number of rotatable bonds is 2. The molecule has 0 amide bonds. The normalized spacial score (nSPS) is 9.05. The Labute approximate surface area is 155 Å². The highest BCUT2D eigenvalue weighted by atomic mass is 79.9. The van der Waals surface area contributed by atoms with Gasteiger partial charge in [0.2, 0.25) is 0 Å². The molecule has 0 aliphatic rings. The first-order valence-electron chi connectivity index (χ1n) is 7.00. The van der Waals surface area contributed by atoms with Crippen LogP contribution in [0.3, 0.4) is 0 Å². The maximum atomic E-state index is 10.4. The number of hydrogen-bond donors (Lipinski definition) is 0. The standard InChI is InChI=1S/C8H8BrCl.C8H7BrO.C2H6/c2*1-6-2-3-8(9)4-7(6)5-10;1-2/h2-4H,5H2,1H3;2-5H,1H3;1-2H3. The zero-order valence-electron chi connectivity index (χ0n) is 13.3. The van der Waals surface area contributed by atoms with Gasteiger partial charge in [0.1, 0.15) is 6.29 Å². The Morgan fingerprint density at radius 3 is 1.86 bits per heavy atom. The lowest BCUT2D eigenvalue weighted by atomic mass is 10.1. The first-order valence-corrected chi connectivity index (χ1v) is 9.12. The van der Waals surface area contributed by atoms with Crippen molar-refractivity contribution in [3.05, 3.63) is 67.6 Å². The van der Waals surface area contributed by atoms with Crippen LogP contribution in [0.1, 0.15) is 40.9 Å². The van der Waals surface area contributed by atoms with E-state index in [0.717, 1.165) is 26.4 Å². The molecule has 2 aromatic rings. The number of carbonyl (C=O) groups is 1. The van der Waals surface area contributed by atoms with Gasteiger partial charge in [-0.05, 0) is 54.8 Å². The topological polar surface area (TPSA) is 17.1 Å². The van der Waals surface area contributed by atoms with Crippen LogP contribution < -0.4 is 0 Å². The summed E-state index contributed by atoms with van der Waals surface area (Å²) in [4.78, 5) is 10.4. The average Bonchev–Trinajstić information content (AvgIpc) is 2.54. The van der Waals surface area contributed by atoms with Crippen LogP contribution in [0.2, 0.25) is 0 Å². The largest absolute Gasteiger partial charge is 0.298 e. The lowest BCUT2D eigenvalue weighted by Crippen LogP contribution is -1.84. The van der Waals surface area contributed by atoms with Crippen LogP contribution in [0.25, 0.3) is 0 Å². The van der Waals surface area contributed by atoms with Gasteiger partial charge in [0.05, 0.1) is 0 Å². The van der Waals surface area contributed by atoms with Gasteiger partial charge in [-0.2, -0.15) is 0 Å². The Morgan fingerprint density at radius 1 is 0.955 bits per heavy atom. The molecule has 0 radical (unpaired) electrons. The van der Waals surface area contributed by atoms with Crippen molar-refractivity contribution in [2.75, 3.05) is 0 Å². The molecule has 0 heterocycles. The lowest BCUT2D eigenvalue weighted by Gasteiger charge is -2.00. The first kappa shape index (κ1) is 21.4. The SMILES string of the molecule is CC.Cc1ccc(Br)cc1C=O.Cc1ccc(Br)cc1CCl. The number of aldehydes is 1. The van der Waals surface area contributed by atoms with Crippen LogP contribution >= 0.6 is 43.5 Å². The highest BCUT2D eigenvalue weighted by Gasteiger charge is 1.96. The van der Waals surface area contributed by atoms with E-state index in [1.807, 2.05) is 51.1 Å². The molecule has 2 aromatic carbocycles. The molecule has 0 saturated heterocycles. The fourth-order valence-electron chi connectivity index (χ4n) is 1.52. The third-order valence-electron chi connectivity index (χ3n) is 2.82. The summed E-state index contributed by atoms with van der Waals surface area (Å²) >= 11 is 12.3. The van der Waals surface area contributed by atoms with Crippen molar-refractivity contribution >= 4 is 49.7 Å². The number of carbonyl (C=O) groups excluding carboxylic acids is 1. The predicted octanol–water partition coefficient (Wildman–Crippen LogP) is 7.09. The molecule has 0 spiro atoms. The van der Waals surface area contributed by atoms with E-state index >= 15 is 0 Å². The van der Waals surface area contributed by atoms with Crippen molar-refractivity contribution < 1.29 is 4.79 Å². The number of benzene rings is 2. The summed E-state index contributed by atoms with van der Waals surface area (Å²) in [7, 11) is 0. The molecule has 1 nitrogen and oxygen atoms in total. The second-order valence-corrected chi connectivity index (χ2v) is 6.42.